The fraction of sp³-hybridized carbons (Fsp3) is 0.521. The van der Waals surface area contributed by atoms with E-state index in [-0.39, 0.29) is 12.0 Å². The highest BCUT2D eigenvalue weighted by atomic mass is 16.6. The first-order valence-corrected chi connectivity index (χ1v) is 22.1. The first-order chi connectivity index (χ1) is 31.4. The summed E-state index contributed by atoms with van der Waals surface area (Å²) in [4.78, 5) is 71.9. The number of likely N-dealkylation sites (N-methyl/N-ethyl adjacent to an activating group) is 1. The number of aliphatic hydroxyl groups is 3. The summed E-state index contributed by atoms with van der Waals surface area (Å²) >= 11 is 0. The molecule has 6 heterocycles. The number of fused-ring (bicyclic) bond motifs is 6. The minimum absolute atomic E-state index is 0.248. The molecule has 6 aliphatic rings. The number of para-hydroxylation sites is 1. The number of carbonyl (C=O) groups excluding carboxylic acids is 3. The van der Waals surface area contributed by atoms with Gasteiger partial charge in [-0.2, -0.15) is 0 Å². The molecule has 9 rings (SSSR count). The van der Waals surface area contributed by atoms with E-state index in [1.54, 1.807) is 7.11 Å². The number of hydrogen-bond acceptors (Lipinski definition) is 15. The number of aromatic nitrogens is 1. The summed E-state index contributed by atoms with van der Waals surface area (Å²) in [5.74, 6) is -5.47. The van der Waals surface area contributed by atoms with Gasteiger partial charge in [0.05, 0.1) is 27.4 Å². The first-order valence-electron chi connectivity index (χ1n) is 22.1. The lowest BCUT2D eigenvalue weighted by Crippen LogP contribution is -2.81. The van der Waals surface area contributed by atoms with E-state index in [2.05, 4.69) is 52.1 Å². The molecule has 0 amide bonds. The van der Waals surface area contributed by atoms with E-state index in [1.807, 2.05) is 43.1 Å². The second-order valence-corrected chi connectivity index (χ2v) is 18.4. The monoisotopic (exact) mass is 914 g/mol. The highest BCUT2D eigenvalue weighted by Crippen LogP contribution is 2.68. The van der Waals surface area contributed by atoms with Gasteiger partial charge in [0.25, 0.3) is 0 Å². The molecular formula is C48H58N4O14. The highest BCUT2D eigenvalue weighted by Gasteiger charge is 2.80. The standard InChI is InChI=1S/C44H52N4O8.C4H6O6/c1-8-26-21-42(24-47(22-26)23-28-27-13-10-11-14-31(27)45-35(28)34(42)36(50)54-6)30-19-29-32(20-33(30)53-5)46(4)38-43(29)16-18-48-17-12-15-41(9-2,37(43)48)39(56-25(3)49)44(38,52)40(51)55-7;5-1(3(7)8)2(6)4(9)10/h10-15,19-21,34,37-39,45,52H,8-9,16-18,22-24H2,1-7H3;1-2,5-6H,(H,7,8)(H,9,10). The van der Waals surface area contributed by atoms with Crippen molar-refractivity contribution in [3.63, 3.8) is 0 Å². The predicted molar refractivity (Wildman–Crippen MR) is 237 cm³/mol. The van der Waals surface area contributed by atoms with Crippen LogP contribution in [0.15, 0.2) is 60.2 Å². The zero-order valence-corrected chi connectivity index (χ0v) is 38.1. The Labute approximate surface area is 381 Å². The van der Waals surface area contributed by atoms with Crippen molar-refractivity contribution in [2.24, 2.45) is 5.41 Å². The molecule has 1 saturated carbocycles. The summed E-state index contributed by atoms with van der Waals surface area (Å²) in [5.41, 5.74) is 1.76. The molecule has 11 unspecified atom stereocenters. The van der Waals surface area contributed by atoms with Crippen LogP contribution in [0.2, 0.25) is 0 Å². The van der Waals surface area contributed by atoms with Crippen molar-refractivity contribution < 1.29 is 68.5 Å². The van der Waals surface area contributed by atoms with Crippen LogP contribution in [0.5, 0.6) is 5.75 Å². The lowest BCUT2D eigenvalue weighted by atomic mass is 9.47. The fourth-order valence-electron chi connectivity index (χ4n) is 12.9. The third-order valence-electron chi connectivity index (χ3n) is 15.3. The number of H-pyrrole nitrogens is 1. The van der Waals surface area contributed by atoms with Gasteiger partial charge in [0.2, 0.25) is 5.60 Å². The van der Waals surface area contributed by atoms with Gasteiger partial charge in [0.1, 0.15) is 11.7 Å². The molecule has 18 nitrogen and oxygen atoms in total. The van der Waals surface area contributed by atoms with Crippen molar-refractivity contribution in [3.8, 4) is 5.75 Å². The van der Waals surface area contributed by atoms with Crippen LogP contribution in [0, 0.1) is 5.41 Å². The van der Waals surface area contributed by atoms with Crippen LogP contribution >= 0.6 is 0 Å². The van der Waals surface area contributed by atoms with Gasteiger partial charge in [0.15, 0.2) is 18.3 Å². The molecule has 1 saturated heterocycles. The van der Waals surface area contributed by atoms with Crippen molar-refractivity contribution >= 4 is 46.4 Å². The third kappa shape index (κ3) is 6.50. The Morgan fingerprint density at radius 3 is 2.24 bits per heavy atom. The molecule has 66 heavy (non-hydrogen) atoms. The van der Waals surface area contributed by atoms with Gasteiger partial charge in [-0.3, -0.25) is 19.4 Å². The summed E-state index contributed by atoms with van der Waals surface area (Å²) < 4.78 is 23.7. The Balaban J connectivity index is 0.000000532. The zero-order valence-electron chi connectivity index (χ0n) is 38.1. The fourth-order valence-corrected chi connectivity index (χ4v) is 12.9. The molecule has 1 spiro atoms. The van der Waals surface area contributed by atoms with Gasteiger partial charge in [-0.15, -0.1) is 0 Å². The number of aromatic amines is 1. The number of nitrogens with one attached hydrogen (secondary N) is 1. The van der Waals surface area contributed by atoms with E-state index < -0.39 is 76.0 Å². The number of methoxy groups -OCH3 is 3. The Morgan fingerprint density at radius 1 is 0.939 bits per heavy atom. The lowest BCUT2D eigenvalue weighted by Gasteiger charge is -2.63. The molecule has 18 heteroatoms. The molecular weight excluding hydrogens is 857 g/mol. The van der Waals surface area contributed by atoms with Crippen molar-refractivity contribution in [3.05, 3.63) is 82.6 Å². The Hall–Kier alpha value is -5.79. The second-order valence-electron chi connectivity index (χ2n) is 18.4. The molecule has 1 aliphatic carbocycles. The third-order valence-corrected chi connectivity index (χ3v) is 15.3. The van der Waals surface area contributed by atoms with E-state index in [0.29, 0.717) is 44.8 Å². The number of rotatable bonds is 10. The van der Waals surface area contributed by atoms with Gasteiger partial charge in [-0.25, -0.2) is 14.4 Å². The molecule has 11 atom stereocenters. The topological polar surface area (TPSA) is 249 Å². The number of nitrogens with zero attached hydrogens (tertiary/aromatic N) is 3. The Kier molecular flexibility index (Phi) is 11.9. The van der Waals surface area contributed by atoms with Crippen LogP contribution in [0.4, 0.5) is 5.69 Å². The Morgan fingerprint density at radius 2 is 1.64 bits per heavy atom. The minimum atomic E-state index is -2.27. The largest absolute Gasteiger partial charge is 0.496 e. The molecule has 2 aromatic carbocycles. The SMILES string of the molecule is CCC1=CC2(c3cc4c(cc3OC)N(C)C3C(O)(C(=O)OC)C(OC(C)=O)C5(CC)C=CCN6CCC43C65)CN(C1)Cc1c([nH]c3ccccc13)C2C(=O)OC.O=C(O)C(O)C(O)C(=O)O. The van der Waals surface area contributed by atoms with Gasteiger partial charge in [0, 0.05) is 96.4 Å². The first kappa shape index (κ1) is 46.7. The molecule has 2 bridgehead atoms. The van der Waals surface area contributed by atoms with Crippen LogP contribution in [0.25, 0.3) is 10.9 Å². The molecule has 6 N–H and O–H groups in total. The molecule has 5 aliphatic heterocycles. The van der Waals surface area contributed by atoms with Crippen LogP contribution in [0.3, 0.4) is 0 Å². The number of benzene rings is 2. The lowest BCUT2D eigenvalue weighted by molar-refractivity contribution is -0.228. The summed E-state index contributed by atoms with van der Waals surface area (Å²) in [7, 11) is 6.27. The van der Waals surface area contributed by atoms with Crippen molar-refractivity contribution in [1.82, 2.24) is 14.8 Å². The van der Waals surface area contributed by atoms with Crippen molar-refractivity contribution in [2.45, 2.75) is 99.3 Å². The molecule has 354 valence electrons. The number of esters is 3. The van der Waals surface area contributed by atoms with Crippen molar-refractivity contribution in [1.29, 1.82) is 0 Å². The molecule has 3 aromatic rings. The summed E-state index contributed by atoms with van der Waals surface area (Å²) in [6, 6.07) is 11.3. The predicted octanol–water partition coefficient (Wildman–Crippen LogP) is 2.36. The van der Waals surface area contributed by atoms with Crippen LogP contribution < -0.4 is 9.64 Å². The number of aliphatic hydroxyl groups excluding tert-OH is 2. The number of ether oxygens (including phenoxy) is 4. The smallest absolute Gasteiger partial charge is 0.344 e. The maximum absolute atomic E-state index is 14.6. The number of hydrogen-bond donors (Lipinski definition) is 6. The van der Waals surface area contributed by atoms with Gasteiger partial charge >= 0.3 is 29.8 Å². The average molecular weight is 915 g/mol. The van der Waals surface area contributed by atoms with E-state index >= 15 is 0 Å². The summed E-state index contributed by atoms with van der Waals surface area (Å²) in [5, 5.41) is 46.9. The summed E-state index contributed by atoms with van der Waals surface area (Å²) in [6.45, 7) is 8.84. The average Bonchev–Trinajstić information content (AvgIpc) is 3.93. The zero-order chi connectivity index (χ0) is 47.8. The molecule has 0 radical (unpaired) electrons. The minimum Gasteiger partial charge on any atom is -0.496 e. The normalized spacial score (nSPS) is 32.2. The number of carbonyl (C=O) groups is 5. The molecule has 1 aromatic heterocycles. The second kappa shape index (κ2) is 16.8. The quantitative estimate of drug-likeness (QED) is 0.0971. The number of anilines is 1. The van der Waals surface area contributed by atoms with Gasteiger partial charge in [-0.1, -0.05) is 55.8 Å². The van der Waals surface area contributed by atoms with E-state index in [0.717, 1.165) is 51.9 Å². The Bertz CT molecular complexity index is 2540. The molecule has 2 fully saturated rings. The van der Waals surface area contributed by atoms with Gasteiger partial charge in [-0.05, 0) is 49.1 Å². The van der Waals surface area contributed by atoms with E-state index in [9.17, 15) is 29.1 Å². The number of aliphatic carboxylic acids is 2. The summed E-state index contributed by atoms with van der Waals surface area (Å²) in [6.07, 6.45) is 2.61. The maximum atomic E-state index is 14.6. The van der Waals surface area contributed by atoms with Crippen molar-refractivity contribution in [2.75, 3.05) is 59.5 Å². The van der Waals surface area contributed by atoms with Crippen LogP contribution in [-0.2, 0) is 55.6 Å². The van der Waals surface area contributed by atoms with Gasteiger partial charge < -0.3 is 54.4 Å². The van der Waals surface area contributed by atoms with Crippen LogP contribution in [-0.4, -0.2) is 161 Å². The van der Waals surface area contributed by atoms with E-state index in [1.165, 1.54) is 26.7 Å². The van der Waals surface area contributed by atoms with E-state index in [4.69, 9.17) is 39.4 Å². The highest BCUT2D eigenvalue weighted by molar-refractivity contribution is 5.91. The number of carboxylic acid groups (broad SMARTS) is 2. The maximum Gasteiger partial charge on any atom is 0.344 e. The number of carboxylic acids is 2. The van der Waals surface area contributed by atoms with Crippen LogP contribution in [0.1, 0.15) is 68.3 Å².